The van der Waals surface area contributed by atoms with Gasteiger partial charge in [-0.25, -0.2) is 9.82 Å². The van der Waals surface area contributed by atoms with Gasteiger partial charge in [0.25, 0.3) is 0 Å². The van der Waals surface area contributed by atoms with Crippen LogP contribution in [0.4, 0.5) is 4.39 Å². The maximum absolute atomic E-state index is 13.7. The first-order chi connectivity index (χ1) is 12.5. The summed E-state index contributed by atoms with van der Waals surface area (Å²) in [6.07, 6.45) is 6.34. The Labute approximate surface area is 157 Å². The second kappa shape index (κ2) is 9.88. The molecule has 3 aliphatic rings. The normalized spacial score (nSPS) is 27.2. The topological polar surface area (TPSA) is 47.6 Å². The van der Waals surface area contributed by atoms with E-state index in [4.69, 9.17) is 0 Å². The molecular weight excluding hydrogens is 331 g/mol. The second-order valence-corrected chi connectivity index (χ2v) is 7.15. The van der Waals surface area contributed by atoms with Gasteiger partial charge in [0.2, 0.25) is 5.91 Å². The minimum absolute atomic E-state index is 0.0531. The summed E-state index contributed by atoms with van der Waals surface area (Å²) in [7, 11) is 0. The van der Waals surface area contributed by atoms with E-state index in [1.165, 1.54) is 18.9 Å². The average molecular weight is 365 g/mol. The Morgan fingerprint density at radius 2 is 2.12 bits per heavy atom. The van der Waals surface area contributed by atoms with E-state index in [0.717, 1.165) is 25.3 Å². The molecule has 146 valence electrons. The van der Waals surface area contributed by atoms with E-state index in [0.29, 0.717) is 18.0 Å². The summed E-state index contributed by atoms with van der Waals surface area (Å²) in [4.78, 5) is 15.1. The third-order valence-electron chi connectivity index (χ3n) is 5.28. The number of halogens is 1. The molecular formula is C20H33FN4O. The number of carbonyl (C=O) groups excluding carboxylic acids is 1. The lowest BCUT2D eigenvalue weighted by Crippen LogP contribution is -2.57. The Morgan fingerprint density at radius 1 is 1.42 bits per heavy atom. The van der Waals surface area contributed by atoms with Crippen LogP contribution in [0, 0.1) is 5.92 Å². The highest BCUT2D eigenvalue weighted by atomic mass is 19.1. The molecule has 0 saturated carbocycles. The molecule has 2 atom stereocenters. The number of carbonyl (C=O) groups is 1. The van der Waals surface area contributed by atoms with Gasteiger partial charge in [-0.1, -0.05) is 19.1 Å². The molecule has 0 aromatic rings. The Bertz CT molecular complexity index is 552. The van der Waals surface area contributed by atoms with E-state index in [1.807, 2.05) is 19.9 Å². The first-order valence-corrected chi connectivity index (χ1v) is 9.64. The summed E-state index contributed by atoms with van der Waals surface area (Å²) < 4.78 is 13.7. The number of rotatable bonds is 9. The van der Waals surface area contributed by atoms with Gasteiger partial charge in [0, 0.05) is 43.0 Å². The fourth-order valence-corrected chi connectivity index (χ4v) is 3.70. The van der Waals surface area contributed by atoms with E-state index in [2.05, 4.69) is 22.2 Å². The van der Waals surface area contributed by atoms with Crippen molar-refractivity contribution < 1.29 is 9.18 Å². The van der Waals surface area contributed by atoms with Gasteiger partial charge in [0.15, 0.2) is 0 Å². The SMILES string of the molecule is C=C[C@H](F)C/C(=C\C)N(/C=C(\C)C(=O)N[C@H]1CN2CCC1CC2)NCC. The zero-order valence-electron chi connectivity index (χ0n) is 16.3. The number of amides is 1. The molecule has 5 nitrogen and oxygen atoms in total. The highest BCUT2D eigenvalue weighted by Crippen LogP contribution is 2.27. The number of piperidine rings is 3. The fourth-order valence-electron chi connectivity index (χ4n) is 3.70. The summed E-state index contributed by atoms with van der Waals surface area (Å²) in [6, 6.07) is 0.234. The molecule has 3 heterocycles. The number of hydrazine groups is 1. The van der Waals surface area contributed by atoms with Crippen LogP contribution in [0.15, 0.2) is 36.2 Å². The molecule has 0 aromatic carbocycles. The van der Waals surface area contributed by atoms with Crippen molar-refractivity contribution >= 4 is 5.91 Å². The fraction of sp³-hybridized carbons (Fsp3) is 0.650. The van der Waals surface area contributed by atoms with Gasteiger partial charge in [0.05, 0.1) is 0 Å². The standard InChI is InChI=1S/C20H33FN4O/c1-5-17(21)12-18(6-2)25(22-7-3)13-15(4)20(26)23-19-14-24-10-8-16(19)9-11-24/h5-6,13,16-17,19,22H,1,7-12,14H2,2-4H3,(H,23,26)/b15-13+,18-6+/t17-,19-/m0/s1. The highest BCUT2D eigenvalue weighted by molar-refractivity contribution is 5.92. The molecule has 3 aliphatic heterocycles. The van der Waals surface area contributed by atoms with Crippen molar-refractivity contribution in [1.82, 2.24) is 20.7 Å². The van der Waals surface area contributed by atoms with Gasteiger partial charge in [-0.3, -0.25) is 9.80 Å². The van der Waals surface area contributed by atoms with Crippen molar-refractivity contribution in [2.24, 2.45) is 5.92 Å². The molecule has 0 radical (unpaired) electrons. The van der Waals surface area contributed by atoms with Gasteiger partial charge in [-0.15, -0.1) is 6.58 Å². The van der Waals surface area contributed by atoms with Crippen LogP contribution < -0.4 is 10.7 Å². The third kappa shape index (κ3) is 5.42. The van der Waals surface area contributed by atoms with Crippen LogP contribution in [0.2, 0.25) is 0 Å². The van der Waals surface area contributed by atoms with Crippen molar-refractivity contribution in [2.75, 3.05) is 26.2 Å². The number of nitrogens with one attached hydrogen (secondary N) is 2. The van der Waals surface area contributed by atoms with E-state index >= 15 is 0 Å². The van der Waals surface area contributed by atoms with Crippen LogP contribution in [0.1, 0.15) is 40.0 Å². The van der Waals surface area contributed by atoms with Gasteiger partial charge in [0.1, 0.15) is 6.17 Å². The number of allylic oxidation sites excluding steroid dienone is 3. The minimum atomic E-state index is -1.11. The monoisotopic (exact) mass is 364 g/mol. The summed E-state index contributed by atoms with van der Waals surface area (Å²) in [5.74, 6) is 0.537. The molecule has 3 fully saturated rings. The van der Waals surface area contributed by atoms with Gasteiger partial charge in [-0.2, -0.15) is 0 Å². The summed E-state index contributed by atoms with van der Waals surface area (Å²) in [5.41, 5.74) is 4.56. The van der Waals surface area contributed by atoms with Crippen LogP contribution in [-0.2, 0) is 4.79 Å². The molecule has 1 amide bonds. The van der Waals surface area contributed by atoms with Crippen LogP contribution in [0.3, 0.4) is 0 Å². The van der Waals surface area contributed by atoms with Crippen LogP contribution in [-0.4, -0.2) is 54.2 Å². The number of fused-ring (bicyclic) bond motifs is 3. The van der Waals surface area contributed by atoms with Crippen molar-refractivity contribution in [3.05, 3.63) is 36.2 Å². The minimum Gasteiger partial charge on any atom is -0.348 e. The Balaban J connectivity index is 2.02. The van der Waals surface area contributed by atoms with E-state index < -0.39 is 6.17 Å². The molecule has 2 bridgehead atoms. The van der Waals surface area contributed by atoms with Gasteiger partial charge < -0.3 is 10.2 Å². The molecule has 26 heavy (non-hydrogen) atoms. The predicted octanol–water partition coefficient (Wildman–Crippen LogP) is 2.75. The van der Waals surface area contributed by atoms with Crippen molar-refractivity contribution in [2.45, 2.75) is 52.2 Å². The summed E-state index contributed by atoms with van der Waals surface area (Å²) >= 11 is 0. The zero-order chi connectivity index (χ0) is 19.1. The van der Waals surface area contributed by atoms with Crippen molar-refractivity contribution in [3.8, 4) is 0 Å². The number of nitrogens with zero attached hydrogens (tertiary/aromatic N) is 2. The molecule has 3 saturated heterocycles. The third-order valence-corrected chi connectivity index (χ3v) is 5.28. The molecule has 0 aromatic heterocycles. The number of hydrogen-bond acceptors (Lipinski definition) is 4. The van der Waals surface area contributed by atoms with E-state index in [9.17, 15) is 9.18 Å². The lowest BCUT2D eigenvalue weighted by Gasteiger charge is -2.45. The van der Waals surface area contributed by atoms with Gasteiger partial charge >= 0.3 is 0 Å². The van der Waals surface area contributed by atoms with Crippen molar-refractivity contribution in [3.63, 3.8) is 0 Å². The first-order valence-electron chi connectivity index (χ1n) is 9.64. The van der Waals surface area contributed by atoms with Crippen molar-refractivity contribution in [1.29, 1.82) is 0 Å². The van der Waals surface area contributed by atoms with Crippen LogP contribution in [0.25, 0.3) is 0 Å². The molecule has 0 aliphatic carbocycles. The van der Waals surface area contributed by atoms with E-state index in [1.54, 1.807) is 18.1 Å². The second-order valence-electron chi connectivity index (χ2n) is 7.15. The quantitative estimate of drug-likeness (QED) is 0.375. The maximum Gasteiger partial charge on any atom is 0.248 e. The Morgan fingerprint density at radius 3 is 2.62 bits per heavy atom. The maximum atomic E-state index is 13.7. The Kier molecular flexibility index (Phi) is 7.85. The lowest BCUT2D eigenvalue weighted by molar-refractivity contribution is -0.119. The zero-order valence-corrected chi connectivity index (χ0v) is 16.3. The van der Waals surface area contributed by atoms with Crippen LogP contribution >= 0.6 is 0 Å². The molecule has 0 unspecified atom stereocenters. The lowest BCUT2D eigenvalue weighted by atomic mass is 9.84. The number of alkyl halides is 1. The smallest absolute Gasteiger partial charge is 0.248 e. The highest BCUT2D eigenvalue weighted by Gasteiger charge is 2.34. The van der Waals surface area contributed by atoms with Crippen LogP contribution in [0.5, 0.6) is 0 Å². The predicted molar refractivity (Wildman–Crippen MR) is 104 cm³/mol. The Hall–Kier alpha value is -1.66. The number of hydrogen-bond donors (Lipinski definition) is 2. The summed E-state index contributed by atoms with van der Waals surface area (Å²) in [5, 5.41) is 4.94. The van der Waals surface area contributed by atoms with E-state index in [-0.39, 0.29) is 18.4 Å². The molecule has 3 rings (SSSR count). The molecule has 0 spiro atoms. The largest absolute Gasteiger partial charge is 0.348 e. The molecule has 2 N–H and O–H groups in total. The van der Waals surface area contributed by atoms with Gasteiger partial charge in [-0.05, 0) is 45.7 Å². The summed E-state index contributed by atoms with van der Waals surface area (Å²) in [6.45, 7) is 13.1. The average Bonchev–Trinajstić information content (AvgIpc) is 2.66. The molecule has 6 heteroatoms. The first kappa shape index (κ1) is 20.6.